The number of aromatic nitrogens is 1. The van der Waals surface area contributed by atoms with Crippen molar-refractivity contribution in [1.29, 1.82) is 0 Å². The number of hydrogen-bond donors (Lipinski definition) is 1. The normalized spacial score (nSPS) is 29.9. The third-order valence-corrected chi connectivity index (χ3v) is 8.37. The number of pyridine rings is 1. The van der Waals surface area contributed by atoms with Crippen LogP contribution in [-0.4, -0.2) is 53.3 Å². The number of halogens is 2. The van der Waals surface area contributed by atoms with Gasteiger partial charge in [0.15, 0.2) is 0 Å². The average molecular weight is 488 g/mol. The standard InChI is InChI=1S/C27H35ClFN3O2/c1-27(2)9-7-18(16-34-27)26(33)31-25-13-19-11-23(24(28)12-20(19)14-30-25)17-3-5-22(6-4-17)32-10-8-21(29)15-32/h11-14,17-18,21-22H,3-10,15-16H2,1-2H3,(H,30,31,33)/t17?,18?,21-,22?/m1/s1. The van der Waals surface area contributed by atoms with Gasteiger partial charge in [0.25, 0.3) is 0 Å². The predicted octanol–water partition coefficient (Wildman–Crippen LogP) is 6.10. The van der Waals surface area contributed by atoms with Crippen molar-refractivity contribution < 1.29 is 13.9 Å². The molecular formula is C27H35ClFN3O2. The Morgan fingerprint density at radius 2 is 1.94 bits per heavy atom. The maximum Gasteiger partial charge on any atom is 0.230 e. The first-order valence-electron chi connectivity index (χ1n) is 12.7. The number of anilines is 1. The largest absolute Gasteiger partial charge is 0.375 e. The molecule has 0 bridgehead atoms. The highest BCUT2D eigenvalue weighted by Gasteiger charge is 2.33. The summed E-state index contributed by atoms with van der Waals surface area (Å²) < 4.78 is 19.5. The Kier molecular flexibility index (Phi) is 6.84. The zero-order valence-electron chi connectivity index (χ0n) is 20.2. The molecule has 3 heterocycles. The lowest BCUT2D eigenvalue weighted by atomic mass is 9.81. The number of amides is 1. The number of nitrogens with zero attached hydrogens (tertiary/aromatic N) is 2. The third-order valence-electron chi connectivity index (χ3n) is 8.04. The van der Waals surface area contributed by atoms with Gasteiger partial charge in [0, 0.05) is 35.7 Å². The fourth-order valence-corrected chi connectivity index (χ4v) is 6.16. The van der Waals surface area contributed by atoms with Crippen LogP contribution in [-0.2, 0) is 9.53 Å². The van der Waals surface area contributed by atoms with Gasteiger partial charge in [0.2, 0.25) is 5.91 Å². The Morgan fingerprint density at radius 1 is 1.15 bits per heavy atom. The van der Waals surface area contributed by atoms with Crippen LogP contribution in [0.1, 0.15) is 70.3 Å². The minimum atomic E-state index is -0.659. The van der Waals surface area contributed by atoms with E-state index < -0.39 is 6.17 Å². The molecule has 5 rings (SSSR count). The lowest BCUT2D eigenvalue weighted by Crippen LogP contribution is -2.38. The maximum atomic E-state index is 13.6. The van der Waals surface area contributed by atoms with Crippen LogP contribution in [0.3, 0.4) is 0 Å². The minimum Gasteiger partial charge on any atom is -0.375 e. The van der Waals surface area contributed by atoms with E-state index in [9.17, 15) is 9.18 Å². The summed E-state index contributed by atoms with van der Waals surface area (Å²) in [4.78, 5) is 19.5. The van der Waals surface area contributed by atoms with Crippen molar-refractivity contribution in [2.24, 2.45) is 5.92 Å². The number of benzene rings is 1. The predicted molar refractivity (Wildman–Crippen MR) is 134 cm³/mol. The zero-order valence-corrected chi connectivity index (χ0v) is 20.9. The van der Waals surface area contributed by atoms with E-state index in [-0.39, 0.29) is 17.4 Å². The molecule has 34 heavy (non-hydrogen) atoms. The van der Waals surface area contributed by atoms with E-state index in [2.05, 4.69) is 35.1 Å². The van der Waals surface area contributed by atoms with Gasteiger partial charge in [-0.3, -0.25) is 9.69 Å². The van der Waals surface area contributed by atoms with Gasteiger partial charge in [0.05, 0.1) is 18.1 Å². The molecule has 2 atom stereocenters. The molecule has 1 N–H and O–H groups in total. The van der Waals surface area contributed by atoms with Crippen molar-refractivity contribution >= 4 is 34.1 Å². The van der Waals surface area contributed by atoms with Crippen molar-refractivity contribution in [2.45, 2.75) is 82.5 Å². The van der Waals surface area contributed by atoms with E-state index in [4.69, 9.17) is 16.3 Å². The van der Waals surface area contributed by atoms with Gasteiger partial charge >= 0.3 is 0 Å². The fraction of sp³-hybridized carbons (Fsp3) is 0.630. The van der Waals surface area contributed by atoms with Crippen LogP contribution in [0, 0.1) is 5.92 Å². The van der Waals surface area contributed by atoms with Gasteiger partial charge in [-0.05, 0) is 93.9 Å². The van der Waals surface area contributed by atoms with Gasteiger partial charge in [-0.2, -0.15) is 0 Å². The second-order valence-electron chi connectivity index (χ2n) is 11.0. The van der Waals surface area contributed by atoms with Crippen molar-refractivity contribution in [2.75, 3.05) is 25.0 Å². The lowest BCUT2D eigenvalue weighted by Gasteiger charge is -2.35. The summed E-state index contributed by atoms with van der Waals surface area (Å²) in [6.07, 6.45) is 7.78. The van der Waals surface area contributed by atoms with Crippen molar-refractivity contribution in [3.8, 4) is 0 Å². The molecule has 2 saturated heterocycles. The molecule has 1 amide bonds. The second-order valence-corrected chi connectivity index (χ2v) is 11.4. The molecule has 0 radical (unpaired) electrons. The fourth-order valence-electron chi connectivity index (χ4n) is 5.83. The van der Waals surface area contributed by atoms with Gasteiger partial charge in [-0.15, -0.1) is 0 Å². The molecule has 1 aromatic heterocycles. The van der Waals surface area contributed by atoms with E-state index in [1.807, 2.05) is 12.1 Å². The number of ether oxygens (including phenoxy) is 1. The number of hydrogen-bond acceptors (Lipinski definition) is 4. The quantitative estimate of drug-likeness (QED) is 0.566. The molecular weight excluding hydrogens is 453 g/mol. The summed E-state index contributed by atoms with van der Waals surface area (Å²) in [5.41, 5.74) is 1.01. The van der Waals surface area contributed by atoms with Crippen LogP contribution in [0.5, 0.6) is 0 Å². The molecule has 1 saturated carbocycles. The summed E-state index contributed by atoms with van der Waals surface area (Å²) in [7, 11) is 0. The first-order valence-corrected chi connectivity index (χ1v) is 13.1. The molecule has 2 aromatic rings. The molecule has 1 unspecified atom stereocenters. The van der Waals surface area contributed by atoms with E-state index in [1.165, 1.54) is 5.56 Å². The van der Waals surface area contributed by atoms with Gasteiger partial charge < -0.3 is 10.1 Å². The number of likely N-dealkylation sites (tertiary alicyclic amines) is 1. The summed E-state index contributed by atoms with van der Waals surface area (Å²) >= 11 is 6.70. The minimum absolute atomic E-state index is 0.0349. The third kappa shape index (κ3) is 5.24. The Balaban J connectivity index is 1.26. The number of alkyl halides is 1. The van der Waals surface area contributed by atoms with E-state index in [1.54, 1.807) is 6.20 Å². The monoisotopic (exact) mass is 487 g/mol. The highest BCUT2D eigenvalue weighted by Crippen LogP contribution is 2.40. The Morgan fingerprint density at radius 3 is 2.62 bits per heavy atom. The SMILES string of the molecule is CC1(C)CCC(C(=O)Nc2cc3cc(C4CCC(N5CC[C@@H](F)C5)CC4)c(Cl)cc3cn2)CO1. The number of rotatable bonds is 4. The topological polar surface area (TPSA) is 54.5 Å². The summed E-state index contributed by atoms with van der Waals surface area (Å²) in [5.74, 6) is 0.789. The van der Waals surface area contributed by atoms with E-state index >= 15 is 0 Å². The first kappa shape index (κ1) is 24.0. The highest BCUT2D eigenvalue weighted by molar-refractivity contribution is 6.32. The molecule has 3 aliphatic rings. The van der Waals surface area contributed by atoms with E-state index in [0.717, 1.165) is 60.9 Å². The van der Waals surface area contributed by atoms with Crippen LogP contribution >= 0.6 is 11.6 Å². The van der Waals surface area contributed by atoms with Crippen LogP contribution in [0.4, 0.5) is 10.2 Å². The van der Waals surface area contributed by atoms with Gasteiger partial charge in [-0.1, -0.05) is 11.6 Å². The summed E-state index contributed by atoms with van der Waals surface area (Å²) in [6.45, 7) is 6.05. The second kappa shape index (κ2) is 9.71. The Labute approximate surface area is 206 Å². The van der Waals surface area contributed by atoms with E-state index in [0.29, 0.717) is 37.4 Å². The highest BCUT2D eigenvalue weighted by atomic mass is 35.5. The molecule has 0 spiro atoms. The van der Waals surface area contributed by atoms with Crippen molar-refractivity contribution in [1.82, 2.24) is 9.88 Å². The molecule has 184 valence electrons. The zero-order chi connectivity index (χ0) is 23.9. The number of fused-ring (bicyclic) bond motifs is 1. The van der Waals surface area contributed by atoms with Gasteiger partial charge in [-0.25, -0.2) is 9.37 Å². The molecule has 2 aliphatic heterocycles. The summed E-state index contributed by atoms with van der Waals surface area (Å²) in [6, 6.07) is 6.59. The smallest absolute Gasteiger partial charge is 0.230 e. The maximum absolute atomic E-state index is 13.6. The van der Waals surface area contributed by atoms with Crippen molar-refractivity contribution in [3.05, 3.63) is 35.0 Å². The Bertz CT molecular complexity index is 1040. The molecule has 7 heteroatoms. The Hall–Kier alpha value is -1.76. The number of nitrogens with one attached hydrogen (secondary N) is 1. The number of carbonyl (C=O) groups is 1. The van der Waals surface area contributed by atoms with Crippen LogP contribution in [0.25, 0.3) is 10.8 Å². The number of carbonyl (C=O) groups excluding carboxylic acids is 1. The van der Waals surface area contributed by atoms with Gasteiger partial charge in [0.1, 0.15) is 12.0 Å². The van der Waals surface area contributed by atoms with Crippen LogP contribution < -0.4 is 5.32 Å². The average Bonchev–Trinajstić information content (AvgIpc) is 3.25. The lowest BCUT2D eigenvalue weighted by molar-refractivity contribution is -0.131. The molecule has 1 aromatic carbocycles. The molecule has 5 nitrogen and oxygen atoms in total. The van der Waals surface area contributed by atoms with Crippen LogP contribution in [0.2, 0.25) is 5.02 Å². The summed E-state index contributed by atoms with van der Waals surface area (Å²) in [5, 5.41) is 5.77. The molecule has 1 aliphatic carbocycles. The van der Waals surface area contributed by atoms with Crippen molar-refractivity contribution in [3.63, 3.8) is 0 Å². The molecule has 3 fully saturated rings. The first-order chi connectivity index (χ1) is 16.3. The van der Waals surface area contributed by atoms with Crippen LogP contribution in [0.15, 0.2) is 24.4 Å².